The van der Waals surface area contributed by atoms with Crippen molar-refractivity contribution in [1.82, 2.24) is 5.32 Å². The second-order valence-corrected chi connectivity index (χ2v) is 13.3. The molecule has 4 atom stereocenters. The van der Waals surface area contributed by atoms with Crippen LogP contribution in [0.5, 0.6) is 0 Å². The molecule has 3 N–H and O–H groups in total. The molecule has 2 fully saturated rings. The van der Waals surface area contributed by atoms with E-state index >= 15 is 0 Å². The Morgan fingerprint density at radius 2 is 1.74 bits per heavy atom. The van der Waals surface area contributed by atoms with Gasteiger partial charge in [0.25, 0.3) is 10.9 Å². The maximum atomic E-state index is 13.1. The van der Waals surface area contributed by atoms with E-state index in [-0.39, 0.29) is 18.1 Å². The number of nitrogens with one attached hydrogen (secondary N) is 2. The first-order valence-corrected chi connectivity index (χ1v) is 17.4. The molecule has 9 heteroatoms. The fourth-order valence-corrected chi connectivity index (χ4v) is 7.32. The summed E-state index contributed by atoms with van der Waals surface area (Å²) >= 11 is 0. The molecule has 3 aromatic rings. The van der Waals surface area contributed by atoms with E-state index in [0.29, 0.717) is 62.2 Å². The lowest BCUT2D eigenvalue weighted by atomic mass is 9.83. The number of aliphatic hydroxyl groups is 1. The molecule has 3 aromatic carbocycles. The van der Waals surface area contributed by atoms with Gasteiger partial charge in [-0.3, -0.25) is 9.59 Å². The van der Waals surface area contributed by atoms with Crippen LogP contribution in [0.1, 0.15) is 80.6 Å². The minimum Gasteiger partial charge on any atom is -0.390 e. The standard InChI is InChI=1S/C38H50N4O5/c1-46-20-9-21-47-38(30-12-6-3-7-13-30)31-14-8-19-42(26-31)35-34(36(44)37(35)45)41-32(22-27-10-4-2-5-11-27)33(43)25-40-24-29-17-15-28(23-39)16-18-29/h3,6-7,12-13,15-18,27,31-33,38,40-41,43H,2,4-5,8-11,14,19-22,24-26H2,1H3/t31?,32-,33-,38-/m0/s1. The van der Waals surface area contributed by atoms with Crippen molar-refractivity contribution in [3.63, 3.8) is 0 Å². The highest BCUT2D eigenvalue weighted by molar-refractivity contribution is 5.75. The molecule has 1 saturated heterocycles. The van der Waals surface area contributed by atoms with Gasteiger partial charge in [-0.1, -0.05) is 74.6 Å². The monoisotopic (exact) mass is 642 g/mol. The van der Waals surface area contributed by atoms with Crippen LogP contribution >= 0.6 is 0 Å². The first kappa shape index (κ1) is 34.8. The van der Waals surface area contributed by atoms with Gasteiger partial charge in [0.05, 0.1) is 29.9 Å². The predicted molar refractivity (Wildman–Crippen MR) is 185 cm³/mol. The Kier molecular flexibility index (Phi) is 13.0. The van der Waals surface area contributed by atoms with E-state index in [0.717, 1.165) is 49.7 Å². The molecule has 0 aromatic heterocycles. The first-order chi connectivity index (χ1) is 23.0. The van der Waals surface area contributed by atoms with Gasteiger partial charge in [0.2, 0.25) is 0 Å². The van der Waals surface area contributed by atoms with E-state index in [4.69, 9.17) is 14.7 Å². The fraction of sp³-hybridized carbons (Fsp3) is 0.553. The van der Waals surface area contributed by atoms with Crippen molar-refractivity contribution >= 4 is 11.4 Å². The van der Waals surface area contributed by atoms with E-state index < -0.39 is 17.0 Å². The molecule has 252 valence electrons. The molecule has 0 radical (unpaired) electrons. The average molecular weight is 643 g/mol. The molecule has 1 heterocycles. The lowest BCUT2D eigenvalue weighted by molar-refractivity contribution is -0.00235. The van der Waals surface area contributed by atoms with Crippen LogP contribution in [0.15, 0.2) is 64.2 Å². The van der Waals surface area contributed by atoms with Gasteiger partial charge in [0.15, 0.2) is 0 Å². The van der Waals surface area contributed by atoms with Crippen LogP contribution in [0.4, 0.5) is 11.4 Å². The molecule has 47 heavy (non-hydrogen) atoms. The summed E-state index contributed by atoms with van der Waals surface area (Å²) in [5.41, 5.74) is 2.61. The minimum absolute atomic E-state index is 0.123. The SMILES string of the molecule is COCCCO[C@@H](c1ccccc1)C1CCCN(c2c(N[C@@H](CC3CCCCC3)[C@@H](O)CNCc3ccc(C#N)cc3)c(=O)c2=O)C1. The summed E-state index contributed by atoms with van der Waals surface area (Å²) in [7, 11) is 1.69. The maximum absolute atomic E-state index is 13.1. The third-order valence-electron chi connectivity index (χ3n) is 9.88. The Hall–Kier alpha value is -3.55. The summed E-state index contributed by atoms with van der Waals surface area (Å²) < 4.78 is 11.7. The number of hydrogen-bond acceptors (Lipinski definition) is 9. The fourth-order valence-electron chi connectivity index (χ4n) is 7.32. The third kappa shape index (κ3) is 9.29. The summed E-state index contributed by atoms with van der Waals surface area (Å²) in [5, 5.41) is 27.3. The number of nitrogens with zero attached hydrogens (tertiary/aromatic N) is 2. The second-order valence-electron chi connectivity index (χ2n) is 13.3. The second kappa shape index (κ2) is 17.6. The summed E-state index contributed by atoms with van der Waals surface area (Å²) in [4.78, 5) is 28.3. The summed E-state index contributed by atoms with van der Waals surface area (Å²) in [5.74, 6) is 0.617. The number of nitriles is 1. The van der Waals surface area contributed by atoms with Crippen LogP contribution in [-0.4, -0.2) is 57.2 Å². The number of anilines is 2. The molecule has 1 unspecified atom stereocenters. The average Bonchev–Trinajstić information content (AvgIpc) is 3.12. The van der Waals surface area contributed by atoms with Gasteiger partial charge in [-0.05, 0) is 54.9 Å². The van der Waals surface area contributed by atoms with E-state index in [9.17, 15) is 14.7 Å². The molecule has 0 spiro atoms. The van der Waals surface area contributed by atoms with Crippen molar-refractivity contribution in [2.45, 2.75) is 82.6 Å². The lowest BCUT2D eigenvalue weighted by Gasteiger charge is -2.40. The number of aliphatic hydroxyl groups excluding tert-OH is 1. The Morgan fingerprint density at radius 1 is 0.979 bits per heavy atom. The van der Waals surface area contributed by atoms with E-state index in [1.165, 1.54) is 19.3 Å². The zero-order valence-electron chi connectivity index (χ0n) is 27.7. The summed E-state index contributed by atoms with van der Waals surface area (Å²) in [6.07, 6.45) is 8.34. The topological polar surface area (TPSA) is 124 Å². The Morgan fingerprint density at radius 3 is 2.47 bits per heavy atom. The van der Waals surface area contributed by atoms with Gasteiger partial charge >= 0.3 is 0 Å². The molecule has 0 amide bonds. The Labute approximate surface area is 278 Å². The van der Waals surface area contributed by atoms with Gasteiger partial charge < -0.3 is 30.1 Å². The van der Waals surface area contributed by atoms with Crippen LogP contribution in [0.3, 0.4) is 0 Å². The van der Waals surface area contributed by atoms with Crippen LogP contribution in [0.2, 0.25) is 0 Å². The highest BCUT2D eigenvalue weighted by atomic mass is 16.5. The first-order valence-electron chi connectivity index (χ1n) is 17.4. The van der Waals surface area contributed by atoms with Crippen molar-refractivity contribution in [2.75, 3.05) is 50.2 Å². The molecule has 2 aliphatic rings. The molecule has 0 bridgehead atoms. The molecule has 1 aliphatic heterocycles. The van der Waals surface area contributed by atoms with Gasteiger partial charge in [-0.25, -0.2) is 0 Å². The zero-order chi connectivity index (χ0) is 33.0. The van der Waals surface area contributed by atoms with Crippen molar-refractivity contribution in [1.29, 1.82) is 5.26 Å². The molecule has 1 aliphatic carbocycles. The van der Waals surface area contributed by atoms with E-state index in [1.807, 2.05) is 30.3 Å². The van der Waals surface area contributed by atoms with Crippen LogP contribution in [0, 0.1) is 23.2 Å². The van der Waals surface area contributed by atoms with Crippen LogP contribution < -0.4 is 26.4 Å². The molecule has 9 nitrogen and oxygen atoms in total. The normalized spacial score (nSPS) is 19.3. The maximum Gasteiger partial charge on any atom is 0.253 e. The van der Waals surface area contributed by atoms with Crippen LogP contribution in [-0.2, 0) is 16.0 Å². The van der Waals surface area contributed by atoms with Gasteiger partial charge in [0, 0.05) is 52.4 Å². The zero-order valence-corrected chi connectivity index (χ0v) is 27.7. The van der Waals surface area contributed by atoms with Crippen molar-refractivity contribution < 1.29 is 14.6 Å². The summed E-state index contributed by atoms with van der Waals surface area (Å²) in [6.45, 7) is 3.41. The van der Waals surface area contributed by atoms with E-state index in [2.05, 4.69) is 33.7 Å². The lowest BCUT2D eigenvalue weighted by Crippen LogP contribution is -2.50. The van der Waals surface area contributed by atoms with Crippen molar-refractivity contribution in [3.8, 4) is 6.07 Å². The molecular formula is C38H50N4O5. The molecule has 1 saturated carbocycles. The highest BCUT2D eigenvalue weighted by Crippen LogP contribution is 2.36. The number of piperidine rings is 1. The van der Waals surface area contributed by atoms with Gasteiger partial charge in [-0.2, -0.15) is 5.26 Å². The number of hydrogen-bond donors (Lipinski definition) is 3. The van der Waals surface area contributed by atoms with Crippen LogP contribution in [0.25, 0.3) is 0 Å². The smallest absolute Gasteiger partial charge is 0.253 e. The number of methoxy groups -OCH3 is 1. The van der Waals surface area contributed by atoms with Gasteiger partial charge in [0.1, 0.15) is 11.4 Å². The third-order valence-corrected chi connectivity index (χ3v) is 9.88. The summed E-state index contributed by atoms with van der Waals surface area (Å²) in [6, 6.07) is 19.4. The number of rotatable bonds is 17. The quantitative estimate of drug-likeness (QED) is 0.137. The van der Waals surface area contributed by atoms with Crippen molar-refractivity contribution in [3.05, 3.63) is 91.7 Å². The number of benzene rings is 2. The molecular weight excluding hydrogens is 592 g/mol. The minimum atomic E-state index is -0.760. The number of ether oxygens (including phenoxy) is 2. The predicted octanol–water partition coefficient (Wildman–Crippen LogP) is 5.07. The molecule has 5 rings (SSSR count). The Bertz CT molecular complexity index is 1490. The van der Waals surface area contributed by atoms with Gasteiger partial charge in [-0.15, -0.1) is 0 Å². The van der Waals surface area contributed by atoms with E-state index in [1.54, 1.807) is 19.2 Å². The highest BCUT2D eigenvalue weighted by Gasteiger charge is 2.35. The largest absolute Gasteiger partial charge is 0.390 e. The van der Waals surface area contributed by atoms with Crippen molar-refractivity contribution in [2.24, 2.45) is 11.8 Å². The Balaban J connectivity index is 1.29.